The number of H-pyrrole nitrogens is 1. The fraction of sp³-hybridized carbons (Fsp3) is 0.533. The molecule has 0 saturated heterocycles. The van der Waals surface area contributed by atoms with Gasteiger partial charge in [0.1, 0.15) is 5.82 Å². The molecule has 2 aromatic heterocycles. The van der Waals surface area contributed by atoms with E-state index in [1.807, 2.05) is 11.5 Å². The number of furan rings is 1. The number of nitrogens with zero attached hydrogens (tertiary/aromatic N) is 2. The fourth-order valence-corrected chi connectivity index (χ4v) is 3.92. The van der Waals surface area contributed by atoms with Crippen LogP contribution in [0.5, 0.6) is 0 Å². The first-order valence-electron chi connectivity index (χ1n) is 8.09. The standard InChI is InChI=1S/C15H23N5O4S2/c1-5-20-11(17-18-14(20)25)8-9-16-13(21)10-6-7-12(24-10)26(22,23)19-15(2,3)4/h6-7,19H,5,8-9H2,1-4H3,(H,16,21)(H,18,25). The van der Waals surface area contributed by atoms with E-state index >= 15 is 0 Å². The van der Waals surface area contributed by atoms with Crippen molar-refractivity contribution < 1.29 is 17.6 Å². The van der Waals surface area contributed by atoms with Gasteiger partial charge in [-0.1, -0.05) is 0 Å². The van der Waals surface area contributed by atoms with Crippen molar-refractivity contribution in [1.82, 2.24) is 24.8 Å². The molecule has 0 saturated carbocycles. The molecule has 0 unspecified atom stereocenters. The van der Waals surface area contributed by atoms with Gasteiger partial charge in [0, 0.05) is 25.0 Å². The summed E-state index contributed by atoms with van der Waals surface area (Å²) in [7, 11) is -3.83. The summed E-state index contributed by atoms with van der Waals surface area (Å²) in [6.07, 6.45) is 0.476. The highest BCUT2D eigenvalue weighted by Gasteiger charge is 2.26. The second kappa shape index (κ2) is 7.72. The van der Waals surface area contributed by atoms with Crippen LogP contribution >= 0.6 is 12.2 Å². The number of rotatable bonds is 7. The van der Waals surface area contributed by atoms with Crippen LogP contribution in [0.1, 0.15) is 44.1 Å². The predicted octanol–water partition coefficient (Wildman–Crippen LogP) is 1.60. The van der Waals surface area contributed by atoms with Gasteiger partial charge in [-0.3, -0.25) is 9.89 Å². The number of carbonyl (C=O) groups is 1. The maximum absolute atomic E-state index is 12.2. The van der Waals surface area contributed by atoms with Crippen LogP contribution in [0, 0.1) is 4.77 Å². The zero-order valence-electron chi connectivity index (χ0n) is 15.1. The molecule has 11 heteroatoms. The number of sulfonamides is 1. The second-order valence-corrected chi connectivity index (χ2v) is 8.67. The third-order valence-corrected chi connectivity index (χ3v) is 5.24. The van der Waals surface area contributed by atoms with Gasteiger partial charge < -0.3 is 14.3 Å². The Morgan fingerprint density at radius 2 is 2.08 bits per heavy atom. The molecule has 2 rings (SSSR count). The van der Waals surface area contributed by atoms with Crippen molar-refractivity contribution in [2.45, 2.75) is 51.3 Å². The minimum absolute atomic E-state index is 0.0753. The molecule has 2 aromatic rings. The van der Waals surface area contributed by atoms with Crippen molar-refractivity contribution in [1.29, 1.82) is 0 Å². The summed E-state index contributed by atoms with van der Waals surface area (Å²) in [5.74, 6) is 0.155. The third-order valence-electron chi connectivity index (χ3n) is 3.30. The van der Waals surface area contributed by atoms with Crippen molar-refractivity contribution in [2.75, 3.05) is 6.54 Å². The van der Waals surface area contributed by atoms with Crippen LogP contribution in [0.25, 0.3) is 0 Å². The number of amides is 1. The van der Waals surface area contributed by atoms with Crippen LogP contribution in [-0.4, -0.2) is 41.2 Å². The van der Waals surface area contributed by atoms with E-state index in [1.165, 1.54) is 12.1 Å². The largest absolute Gasteiger partial charge is 0.438 e. The van der Waals surface area contributed by atoms with Crippen LogP contribution in [0.15, 0.2) is 21.6 Å². The summed E-state index contributed by atoms with van der Waals surface area (Å²) in [6, 6.07) is 2.58. The van der Waals surface area contributed by atoms with Crippen molar-refractivity contribution >= 4 is 28.1 Å². The van der Waals surface area contributed by atoms with E-state index in [1.54, 1.807) is 20.8 Å². The molecule has 0 aromatic carbocycles. The number of carbonyl (C=O) groups excluding carboxylic acids is 1. The SMILES string of the molecule is CCn1c(CCNC(=O)c2ccc(S(=O)(=O)NC(C)(C)C)o2)n[nH]c1=S. The summed E-state index contributed by atoms with van der Waals surface area (Å²) >= 11 is 5.11. The van der Waals surface area contributed by atoms with Crippen LogP contribution in [-0.2, 0) is 23.0 Å². The van der Waals surface area contributed by atoms with Crippen molar-refractivity contribution in [2.24, 2.45) is 0 Å². The van der Waals surface area contributed by atoms with Gasteiger partial charge in [-0.15, -0.1) is 0 Å². The molecule has 0 radical (unpaired) electrons. The average molecular weight is 402 g/mol. The maximum Gasteiger partial charge on any atom is 0.287 e. The Balaban J connectivity index is 1.99. The molecule has 0 spiro atoms. The summed E-state index contributed by atoms with van der Waals surface area (Å²) < 4.78 is 34.4. The Hall–Kier alpha value is -1.98. The molecule has 0 atom stereocenters. The Labute approximate surface area is 157 Å². The lowest BCUT2D eigenvalue weighted by Gasteiger charge is -2.18. The first-order chi connectivity index (χ1) is 12.0. The van der Waals surface area contributed by atoms with Crippen LogP contribution in [0.2, 0.25) is 0 Å². The first-order valence-corrected chi connectivity index (χ1v) is 9.99. The highest BCUT2D eigenvalue weighted by Crippen LogP contribution is 2.16. The lowest BCUT2D eigenvalue weighted by atomic mass is 10.1. The van der Waals surface area contributed by atoms with Gasteiger partial charge in [-0.2, -0.15) is 5.10 Å². The molecule has 144 valence electrons. The number of aromatic nitrogens is 3. The zero-order chi connectivity index (χ0) is 19.5. The first kappa shape index (κ1) is 20.3. The van der Waals surface area contributed by atoms with Crippen molar-refractivity contribution in [3.05, 3.63) is 28.5 Å². The van der Waals surface area contributed by atoms with Gasteiger partial charge in [0.2, 0.25) is 5.09 Å². The van der Waals surface area contributed by atoms with Gasteiger partial charge in [-0.25, -0.2) is 13.1 Å². The van der Waals surface area contributed by atoms with Gasteiger partial charge in [0.15, 0.2) is 10.5 Å². The normalized spacial score (nSPS) is 12.3. The Morgan fingerprint density at radius 3 is 2.69 bits per heavy atom. The zero-order valence-corrected chi connectivity index (χ0v) is 16.8. The number of hydrogen-bond donors (Lipinski definition) is 3. The Kier molecular flexibility index (Phi) is 6.04. The highest BCUT2D eigenvalue weighted by atomic mass is 32.2. The summed E-state index contributed by atoms with van der Waals surface area (Å²) in [5.41, 5.74) is -0.657. The molecule has 0 aliphatic rings. The Bertz CT molecular complexity index is 934. The van der Waals surface area contributed by atoms with Crippen LogP contribution in [0.4, 0.5) is 0 Å². The molecule has 2 heterocycles. The van der Waals surface area contributed by atoms with Crippen molar-refractivity contribution in [3.8, 4) is 0 Å². The van der Waals surface area contributed by atoms with E-state index in [9.17, 15) is 13.2 Å². The fourth-order valence-electron chi connectivity index (χ4n) is 2.28. The molecular formula is C15H23N5O4S2. The monoisotopic (exact) mass is 401 g/mol. The van der Waals surface area contributed by atoms with Crippen LogP contribution < -0.4 is 10.0 Å². The van der Waals surface area contributed by atoms with E-state index in [4.69, 9.17) is 16.6 Å². The minimum Gasteiger partial charge on any atom is -0.438 e. The number of nitrogens with one attached hydrogen (secondary N) is 3. The van der Waals surface area contributed by atoms with Gasteiger partial charge in [0.05, 0.1) is 0 Å². The van der Waals surface area contributed by atoms with Crippen molar-refractivity contribution in [3.63, 3.8) is 0 Å². The van der Waals surface area contributed by atoms with Gasteiger partial charge >= 0.3 is 0 Å². The molecule has 0 aliphatic carbocycles. The van der Waals surface area contributed by atoms with E-state index in [0.717, 1.165) is 5.82 Å². The lowest BCUT2D eigenvalue weighted by Crippen LogP contribution is -2.40. The van der Waals surface area contributed by atoms with Gasteiger partial charge in [-0.05, 0) is 52.0 Å². The smallest absolute Gasteiger partial charge is 0.287 e. The van der Waals surface area contributed by atoms with E-state index in [2.05, 4.69) is 20.2 Å². The number of hydrogen-bond acceptors (Lipinski definition) is 6. The summed E-state index contributed by atoms with van der Waals surface area (Å²) in [5, 5.41) is 9.19. The topological polar surface area (TPSA) is 122 Å². The predicted molar refractivity (Wildman–Crippen MR) is 97.9 cm³/mol. The molecule has 0 bridgehead atoms. The maximum atomic E-state index is 12.2. The molecule has 1 amide bonds. The van der Waals surface area contributed by atoms with E-state index in [0.29, 0.717) is 24.3 Å². The molecular weight excluding hydrogens is 378 g/mol. The van der Waals surface area contributed by atoms with E-state index in [-0.39, 0.29) is 10.9 Å². The van der Waals surface area contributed by atoms with Crippen LogP contribution in [0.3, 0.4) is 0 Å². The van der Waals surface area contributed by atoms with E-state index < -0.39 is 21.5 Å². The second-order valence-electron chi connectivity index (χ2n) is 6.67. The summed E-state index contributed by atoms with van der Waals surface area (Å²) in [4.78, 5) is 12.1. The van der Waals surface area contributed by atoms with Gasteiger partial charge in [0.25, 0.3) is 15.9 Å². The molecule has 0 aliphatic heterocycles. The average Bonchev–Trinajstić information content (AvgIpc) is 3.12. The minimum atomic E-state index is -3.83. The Morgan fingerprint density at radius 1 is 1.38 bits per heavy atom. The lowest BCUT2D eigenvalue weighted by molar-refractivity contribution is 0.0921. The molecule has 9 nitrogen and oxygen atoms in total. The number of aromatic amines is 1. The highest BCUT2D eigenvalue weighted by molar-refractivity contribution is 7.89. The molecule has 0 fully saturated rings. The third kappa shape index (κ3) is 5.02. The molecule has 26 heavy (non-hydrogen) atoms. The molecule has 3 N–H and O–H groups in total. The summed E-state index contributed by atoms with van der Waals surface area (Å²) in [6.45, 7) is 8.08. The quantitative estimate of drug-likeness (QED) is 0.606.